The molecular formula is C31H40N2O8Si. The molecule has 1 unspecified atom stereocenters. The molecule has 0 fully saturated rings. The Morgan fingerprint density at radius 1 is 0.905 bits per heavy atom. The quantitative estimate of drug-likeness (QED) is 0.182. The highest BCUT2D eigenvalue weighted by atomic mass is 28.4. The fraction of sp³-hybridized carbons (Fsp3) is 0.419. The zero-order valence-electron chi connectivity index (χ0n) is 25.4. The van der Waals surface area contributed by atoms with E-state index in [1.807, 2.05) is 13.1 Å². The van der Waals surface area contributed by atoms with E-state index in [0.29, 0.717) is 5.56 Å². The van der Waals surface area contributed by atoms with Crippen molar-refractivity contribution in [2.45, 2.75) is 77.8 Å². The van der Waals surface area contributed by atoms with Gasteiger partial charge >= 0.3 is 17.6 Å². The largest absolute Gasteiger partial charge is 0.455 e. The van der Waals surface area contributed by atoms with Gasteiger partial charge in [-0.05, 0) is 63.2 Å². The Kier molecular flexibility index (Phi) is 10.1. The molecule has 1 heterocycles. The van der Waals surface area contributed by atoms with Crippen molar-refractivity contribution in [3.05, 3.63) is 104 Å². The van der Waals surface area contributed by atoms with E-state index in [1.165, 1.54) is 10.8 Å². The summed E-state index contributed by atoms with van der Waals surface area (Å²) in [7, 11) is -2.51. The molecule has 1 aromatic heterocycles. The van der Waals surface area contributed by atoms with Crippen LogP contribution in [0.5, 0.6) is 0 Å². The molecule has 226 valence electrons. The van der Waals surface area contributed by atoms with Gasteiger partial charge in [-0.15, -0.1) is 0 Å². The van der Waals surface area contributed by atoms with E-state index in [0.717, 1.165) is 0 Å². The van der Waals surface area contributed by atoms with E-state index >= 15 is 0 Å². The predicted molar refractivity (Wildman–Crippen MR) is 161 cm³/mol. The van der Waals surface area contributed by atoms with Gasteiger partial charge in [-0.25, -0.2) is 14.4 Å². The van der Waals surface area contributed by atoms with E-state index in [2.05, 4.69) is 25.8 Å². The van der Waals surface area contributed by atoms with E-state index in [1.54, 1.807) is 81.4 Å². The summed E-state index contributed by atoms with van der Waals surface area (Å²) in [5.74, 6) is -3.41. The number of hydrogen-bond donors (Lipinski definition) is 1. The molecule has 0 bridgehead atoms. The van der Waals surface area contributed by atoms with E-state index < -0.39 is 56.2 Å². The van der Waals surface area contributed by atoms with Crippen LogP contribution in [0.3, 0.4) is 0 Å². The number of aromatic nitrogens is 2. The lowest BCUT2D eigenvalue weighted by Gasteiger charge is -2.45. The first-order valence-corrected chi connectivity index (χ1v) is 16.7. The van der Waals surface area contributed by atoms with Crippen molar-refractivity contribution in [2.24, 2.45) is 0 Å². The second-order valence-electron chi connectivity index (χ2n) is 11.7. The summed E-state index contributed by atoms with van der Waals surface area (Å²) >= 11 is 0. The molecule has 10 nitrogen and oxygen atoms in total. The average Bonchev–Trinajstić information content (AvgIpc) is 2.93. The maximum Gasteiger partial charge on any atom is 0.340 e. The van der Waals surface area contributed by atoms with Crippen LogP contribution in [0.1, 0.15) is 67.1 Å². The molecular weight excluding hydrogens is 556 g/mol. The van der Waals surface area contributed by atoms with Gasteiger partial charge < -0.3 is 18.6 Å². The lowest BCUT2D eigenvalue weighted by atomic mass is 10.1. The first-order valence-electron chi connectivity index (χ1n) is 13.7. The number of rotatable bonds is 11. The van der Waals surface area contributed by atoms with Crippen LogP contribution < -0.4 is 11.2 Å². The number of esters is 2. The number of H-pyrrole nitrogens is 1. The number of benzene rings is 2. The number of aryl methyl sites for hydroxylation is 1. The number of nitrogens with one attached hydrogen (secondary N) is 1. The third kappa shape index (κ3) is 7.72. The molecule has 1 N–H and O–H groups in total. The molecule has 0 radical (unpaired) electrons. The maximum absolute atomic E-state index is 13.5. The van der Waals surface area contributed by atoms with Gasteiger partial charge in [0.25, 0.3) is 11.3 Å². The van der Waals surface area contributed by atoms with E-state index in [-0.39, 0.29) is 16.2 Å². The Hall–Kier alpha value is -3.80. The molecule has 0 spiro atoms. The van der Waals surface area contributed by atoms with Crippen LogP contribution in [0.15, 0.2) is 76.4 Å². The molecule has 0 aliphatic carbocycles. The van der Waals surface area contributed by atoms with E-state index in [9.17, 15) is 19.2 Å². The summed E-state index contributed by atoms with van der Waals surface area (Å²) in [6, 6.07) is 16.7. The zero-order valence-corrected chi connectivity index (χ0v) is 26.4. The molecule has 11 heteroatoms. The molecule has 42 heavy (non-hydrogen) atoms. The fourth-order valence-electron chi connectivity index (χ4n) is 3.91. The van der Waals surface area contributed by atoms with Crippen molar-refractivity contribution in [1.82, 2.24) is 9.55 Å². The summed E-state index contributed by atoms with van der Waals surface area (Å²) in [4.78, 5) is 53.6. The zero-order chi connectivity index (χ0) is 31.3. The molecule has 0 amide bonds. The molecule has 0 saturated carbocycles. The Labute approximate surface area is 246 Å². The minimum atomic E-state index is -2.51. The lowest BCUT2D eigenvalue weighted by Crippen LogP contribution is -2.58. The van der Waals surface area contributed by atoms with Crippen molar-refractivity contribution in [3.63, 3.8) is 0 Å². The molecule has 3 aromatic rings. The second kappa shape index (κ2) is 13.0. The molecule has 0 aliphatic rings. The predicted octanol–water partition coefficient (Wildman–Crippen LogP) is 5.20. The first-order chi connectivity index (χ1) is 19.6. The van der Waals surface area contributed by atoms with Gasteiger partial charge in [0.1, 0.15) is 12.3 Å². The Morgan fingerprint density at radius 3 is 1.95 bits per heavy atom. The monoisotopic (exact) mass is 596 g/mol. The van der Waals surface area contributed by atoms with Gasteiger partial charge in [0.05, 0.1) is 11.1 Å². The summed E-state index contributed by atoms with van der Waals surface area (Å²) in [5.41, 5.74) is -0.446. The van der Waals surface area contributed by atoms with Gasteiger partial charge in [-0.2, -0.15) is 0 Å². The second-order valence-corrected chi connectivity index (χ2v) is 16.5. The number of carbonyl (C=O) groups is 2. The van der Waals surface area contributed by atoms with Crippen LogP contribution in [-0.4, -0.2) is 48.3 Å². The van der Waals surface area contributed by atoms with Crippen LogP contribution >= 0.6 is 0 Å². The third-order valence-electron chi connectivity index (χ3n) is 7.49. The number of ether oxygens (including phenoxy) is 3. The van der Waals surface area contributed by atoms with Crippen LogP contribution in [0.2, 0.25) is 18.1 Å². The minimum absolute atomic E-state index is 0.226. The van der Waals surface area contributed by atoms with Gasteiger partial charge in [0.15, 0.2) is 14.9 Å². The number of carbonyl (C=O) groups excluding carboxylic acids is 2. The Morgan fingerprint density at radius 2 is 1.43 bits per heavy atom. The van der Waals surface area contributed by atoms with Crippen molar-refractivity contribution >= 4 is 20.3 Å². The molecule has 2 aromatic carbocycles. The maximum atomic E-state index is 13.5. The van der Waals surface area contributed by atoms with E-state index in [4.69, 9.17) is 18.6 Å². The number of aromatic amines is 1. The highest BCUT2D eigenvalue weighted by Crippen LogP contribution is 2.40. The van der Waals surface area contributed by atoms with Crippen molar-refractivity contribution in [2.75, 3.05) is 6.61 Å². The SMILES string of the molecule is Cc1cn([C@@H](C)OC(COC(=O)c2ccccc2)(OC(=O)c2ccccc2)[C@H](C)O[Si](C)(C)C(C)(C)C)c(=O)[nH]c1=O. The standard InChI is InChI=1S/C31H40N2O8Si/c1-21-19-33(29(37)32-26(21)34)23(3)39-31(22(2)41-42(7,8)30(4,5)6,40-28(36)25-17-13-10-14-18-25)20-38-27(35)24-15-11-9-12-16-24/h9-19,22-23H,20H2,1-8H3,(H,32,34,37)/t22-,23+,31?/m0/s1. The van der Waals surface area contributed by atoms with Crippen LogP contribution in [-0.2, 0) is 18.6 Å². The third-order valence-corrected chi connectivity index (χ3v) is 12.0. The smallest absolute Gasteiger partial charge is 0.340 e. The summed E-state index contributed by atoms with van der Waals surface area (Å²) in [6.45, 7) is 14.5. The summed E-state index contributed by atoms with van der Waals surface area (Å²) in [5, 5.41) is -0.226. The normalized spacial score (nSPS) is 14.9. The molecule has 0 aliphatic heterocycles. The van der Waals surface area contributed by atoms with Crippen LogP contribution in [0.25, 0.3) is 0 Å². The Bertz CT molecular complexity index is 1500. The lowest BCUT2D eigenvalue weighted by molar-refractivity contribution is -0.292. The topological polar surface area (TPSA) is 126 Å². The molecule has 3 atom stereocenters. The summed E-state index contributed by atoms with van der Waals surface area (Å²) in [6.07, 6.45) is -0.695. The van der Waals surface area contributed by atoms with Crippen molar-refractivity contribution < 1.29 is 28.2 Å². The highest BCUT2D eigenvalue weighted by molar-refractivity contribution is 6.74. The minimum Gasteiger partial charge on any atom is -0.455 e. The van der Waals surface area contributed by atoms with Gasteiger partial charge in [0, 0.05) is 11.8 Å². The molecule has 3 rings (SSSR count). The van der Waals surface area contributed by atoms with Crippen molar-refractivity contribution in [1.29, 1.82) is 0 Å². The number of hydrogen-bond acceptors (Lipinski definition) is 8. The summed E-state index contributed by atoms with van der Waals surface area (Å²) < 4.78 is 26.0. The molecule has 0 saturated heterocycles. The van der Waals surface area contributed by atoms with Gasteiger partial charge in [-0.3, -0.25) is 14.3 Å². The van der Waals surface area contributed by atoms with Gasteiger partial charge in [0.2, 0.25) is 0 Å². The highest BCUT2D eigenvalue weighted by Gasteiger charge is 2.50. The average molecular weight is 597 g/mol. The van der Waals surface area contributed by atoms with Gasteiger partial charge in [-0.1, -0.05) is 57.2 Å². The number of nitrogens with zero attached hydrogens (tertiary/aromatic N) is 1. The van der Waals surface area contributed by atoms with Crippen LogP contribution in [0.4, 0.5) is 0 Å². The van der Waals surface area contributed by atoms with Crippen molar-refractivity contribution in [3.8, 4) is 0 Å². The first kappa shape index (κ1) is 32.7. The van der Waals surface area contributed by atoms with Crippen LogP contribution in [0, 0.1) is 6.92 Å². The fourth-order valence-corrected chi connectivity index (χ4v) is 5.32. The Balaban J connectivity index is 2.12.